The van der Waals surface area contributed by atoms with E-state index in [1.54, 1.807) is 0 Å². The number of nitrogens with two attached hydrogens (primary N) is 2. The normalized spacial score (nSPS) is 15.5. The lowest BCUT2D eigenvalue weighted by Gasteiger charge is -2.15. The van der Waals surface area contributed by atoms with E-state index in [4.69, 9.17) is 21.7 Å². The Labute approximate surface area is 137 Å². The van der Waals surface area contributed by atoms with Gasteiger partial charge in [0.2, 0.25) is 0 Å². The molecule has 128 valence electrons. The van der Waals surface area contributed by atoms with Gasteiger partial charge in [0, 0.05) is 0 Å². The summed E-state index contributed by atoms with van der Waals surface area (Å²) in [6.07, 6.45) is 4.57. The van der Waals surface area contributed by atoms with Gasteiger partial charge in [0.25, 0.3) is 0 Å². The summed E-state index contributed by atoms with van der Waals surface area (Å²) in [6, 6.07) is 0. The SMILES string of the molecule is CSCC[C@](N)(C=O)C(=O)O.CSCC[C@](N)(C=O)C(=O)O. The lowest BCUT2D eigenvalue weighted by molar-refractivity contribution is -0.146. The Bertz CT molecular complexity index is 360. The van der Waals surface area contributed by atoms with Crippen molar-refractivity contribution in [3.05, 3.63) is 0 Å². The number of carboxylic acid groups (broad SMARTS) is 2. The van der Waals surface area contributed by atoms with Crippen LogP contribution in [0.4, 0.5) is 0 Å². The molecule has 0 rings (SSSR count). The quantitative estimate of drug-likeness (QED) is 0.295. The Morgan fingerprint density at radius 1 is 0.909 bits per heavy atom. The number of hydrogen-bond acceptors (Lipinski definition) is 8. The zero-order valence-corrected chi connectivity index (χ0v) is 14.1. The van der Waals surface area contributed by atoms with Crippen LogP contribution in [0.3, 0.4) is 0 Å². The molecule has 0 radical (unpaired) electrons. The molecule has 0 spiro atoms. The third-order valence-electron chi connectivity index (χ3n) is 2.66. The van der Waals surface area contributed by atoms with Gasteiger partial charge in [-0.05, 0) is 36.9 Å². The van der Waals surface area contributed by atoms with Crippen molar-refractivity contribution in [3.8, 4) is 0 Å². The van der Waals surface area contributed by atoms with Crippen molar-refractivity contribution in [3.63, 3.8) is 0 Å². The number of carbonyl (C=O) groups excluding carboxylic acids is 2. The third-order valence-corrected chi connectivity index (χ3v) is 3.88. The second kappa shape index (κ2) is 11.5. The van der Waals surface area contributed by atoms with Crippen LogP contribution in [0.1, 0.15) is 12.8 Å². The first kappa shape index (κ1) is 23.2. The van der Waals surface area contributed by atoms with E-state index in [0.717, 1.165) is 0 Å². The van der Waals surface area contributed by atoms with Gasteiger partial charge in [-0.1, -0.05) is 0 Å². The lowest BCUT2D eigenvalue weighted by Crippen LogP contribution is -2.50. The van der Waals surface area contributed by atoms with Crippen molar-refractivity contribution in [2.45, 2.75) is 23.9 Å². The fourth-order valence-corrected chi connectivity index (χ4v) is 2.06. The average molecular weight is 354 g/mol. The molecule has 0 amide bonds. The smallest absolute Gasteiger partial charge is 0.331 e. The highest BCUT2D eigenvalue weighted by molar-refractivity contribution is 7.98. The minimum absolute atomic E-state index is 0.174. The van der Waals surface area contributed by atoms with Gasteiger partial charge < -0.3 is 31.3 Å². The van der Waals surface area contributed by atoms with Crippen LogP contribution >= 0.6 is 23.5 Å². The van der Waals surface area contributed by atoms with E-state index in [0.29, 0.717) is 11.5 Å². The van der Waals surface area contributed by atoms with Gasteiger partial charge in [-0.15, -0.1) is 0 Å². The van der Waals surface area contributed by atoms with Crippen LogP contribution in [-0.4, -0.2) is 69.8 Å². The first-order valence-electron chi connectivity index (χ1n) is 6.08. The van der Waals surface area contributed by atoms with Crippen LogP contribution in [0.2, 0.25) is 0 Å². The minimum Gasteiger partial charge on any atom is -0.480 e. The van der Waals surface area contributed by atoms with Crippen molar-refractivity contribution in [1.29, 1.82) is 0 Å². The Balaban J connectivity index is 0. The molecule has 0 aromatic heterocycles. The number of thioether (sulfide) groups is 2. The summed E-state index contributed by atoms with van der Waals surface area (Å²) in [4.78, 5) is 41.3. The minimum atomic E-state index is -1.69. The second-order valence-corrected chi connectivity index (χ2v) is 6.38. The molecule has 0 saturated carbocycles. The van der Waals surface area contributed by atoms with Crippen LogP contribution in [0.5, 0.6) is 0 Å². The van der Waals surface area contributed by atoms with Gasteiger partial charge in [-0.2, -0.15) is 23.5 Å². The fraction of sp³-hybridized carbons (Fsp3) is 0.667. The van der Waals surface area contributed by atoms with E-state index in [2.05, 4.69) is 0 Å². The highest BCUT2D eigenvalue weighted by Crippen LogP contribution is 2.08. The summed E-state index contributed by atoms with van der Waals surface area (Å²) in [7, 11) is 0. The standard InChI is InChI=1S/2C6H11NO3S/c2*1-11-3-2-6(7,4-8)5(9)10/h2*4H,2-3,7H2,1H3,(H,9,10)/t2*6-/m00/s1. The highest BCUT2D eigenvalue weighted by Gasteiger charge is 2.33. The number of carbonyl (C=O) groups is 4. The van der Waals surface area contributed by atoms with Gasteiger partial charge in [-0.25, -0.2) is 9.59 Å². The van der Waals surface area contributed by atoms with Crippen molar-refractivity contribution in [2.24, 2.45) is 11.5 Å². The molecule has 0 unspecified atom stereocenters. The number of hydrogen-bond donors (Lipinski definition) is 4. The Morgan fingerprint density at radius 3 is 1.32 bits per heavy atom. The maximum atomic E-state index is 10.4. The molecule has 0 aliphatic heterocycles. The van der Waals surface area contributed by atoms with Crippen LogP contribution in [0.25, 0.3) is 0 Å². The molecule has 8 nitrogen and oxygen atoms in total. The van der Waals surface area contributed by atoms with E-state index < -0.39 is 23.0 Å². The molecule has 22 heavy (non-hydrogen) atoms. The first-order chi connectivity index (χ1) is 10.1. The maximum absolute atomic E-state index is 10.4. The number of aliphatic carboxylic acids is 2. The fourth-order valence-electron chi connectivity index (χ4n) is 0.974. The van der Waals surface area contributed by atoms with Crippen LogP contribution < -0.4 is 11.5 Å². The second-order valence-electron chi connectivity index (χ2n) is 4.41. The van der Waals surface area contributed by atoms with Crippen molar-refractivity contribution in [2.75, 3.05) is 24.0 Å². The molecule has 0 bridgehead atoms. The summed E-state index contributed by atoms with van der Waals surface area (Å²) >= 11 is 2.92. The molecule has 0 aliphatic carbocycles. The van der Waals surface area contributed by atoms with E-state index in [1.165, 1.54) is 23.5 Å². The molecule has 0 aliphatic rings. The molecular formula is C12H22N2O6S2. The molecule has 2 atom stereocenters. The van der Waals surface area contributed by atoms with Gasteiger partial charge in [0.15, 0.2) is 23.7 Å². The van der Waals surface area contributed by atoms with E-state index >= 15 is 0 Å². The van der Waals surface area contributed by atoms with E-state index in [9.17, 15) is 19.2 Å². The summed E-state index contributed by atoms with van der Waals surface area (Å²) in [6.45, 7) is 0. The zero-order chi connectivity index (χ0) is 17.8. The van der Waals surface area contributed by atoms with Crippen molar-refractivity contribution >= 4 is 48.0 Å². The van der Waals surface area contributed by atoms with E-state index in [1.807, 2.05) is 12.5 Å². The lowest BCUT2D eigenvalue weighted by atomic mass is 10.0. The summed E-state index contributed by atoms with van der Waals surface area (Å²) < 4.78 is 0. The van der Waals surface area contributed by atoms with Gasteiger partial charge >= 0.3 is 11.9 Å². The molecule has 6 N–H and O–H groups in total. The average Bonchev–Trinajstić information content (AvgIpc) is 2.50. The van der Waals surface area contributed by atoms with Gasteiger partial charge in [0.05, 0.1) is 0 Å². The summed E-state index contributed by atoms with van der Waals surface area (Å²) in [5, 5.41) is 17.0. The molecule has 10 heteroatoms. The maximum Gasteiger partial charge on any atom is 0.331 e. The Hall–Kier alpha value is -1.10. The largest absolute Gasteiger partial charge is 0.480 e. The molecule has 0 aromatic rings. The summed E-state index contributed by atoms with van der Waals surface area (Å²) in [5.74, 6) is -1.38. The van der Waals surface area contributed by atoms with Crippen LogP contribution in [0.15, 0.2) is 0 Å². The molecule has 0 saturated heterocycles. The number of aldehydes is 2. The third kappa shape index (κ3) is 8.37. The molecule has 0 fully saturated rings. The van der Waals surface area contributed by atoms with E-state index in [-0.39, 0.29) is 25.4 Å². The van der Waals surface area contributed by atoms with Gasteiger partial charge in [0.1, 0.15) is 0 Å². The monoisotopic (exact) mass is 354 g/mol. The molecule has 0 aromatic carbocycles. The summed E-state index contributed by atoms with van der Waals surface area (Å²) in [5.41, 5.74) is 7.11. The Morgan fingerprint density at radius 2 is 1.18 bits per heavy atom. The topological polar surface area (TPSA) is 161 Å². The van der Waals surface area contributed by atoms with Crippen LogP contribution in [0, 0.1) is 0 Å². The van der Waals surface area contributed by atoms with Crippen molar-refractivity contribution in [1.82, 2.24) is 0 Å². The van der Waals surface area contributed by atoms with Crippen LogP contribution in [-0.2, 0) is 19.2 Å². The van der Waals surface area contributed by atoms with Gasteiger partial charge in [-0.3, -0.25) is 0 Å². The Kier molecular flexibility index (Phi) is 12.1. The molecule has 0 heterocycles. The first-order valence-corrected chi connectivity index (χ1v) is 8.87. The number of carboxylic acids is 2. The number of rotatable bonds is 10. The predicted octanol–water partition coefficient (Wildman–Crippen LogP) is -0.559. The molecular weight excluding hydrogens is 332 g/mol. The zero-order valence-electron chi connectivity index (χ0n) is 12.5. The predicted molar refractivity (Wildman–Crippen MR) is 87.2 cm³/mol. The van der Waals surface area contributed by atoms with Crippen molar-refractivity contribution < 1.29 is 29.4 Å². The highest BCUT2D eigenvalue weighted by atomic mass is 32.2.